The number of carbonyl (C=O) groups excluding carboxylic acids is 1. The van der Waals surface area contributed by atoms with Crippen LogP contribution in [0, 0.1) is 0 Å². The van der Waals surface area contributed by atoms with Crippen molar-refractivity contribution in [3.05, 3.63) is 53.9 Å². The molecule has 2 aromatic rings. The van der Waals surface area contributed by atoms with Gasteiger partial charge in [-0.3, -0.25) is 9.98 Å². The fourth-order valence-corrected chi connectivity index (χ4v) is 1.58. The van der Waals surface area contributed by atoms with E-state index in [4.69, 9.17) is 10.5 Å². The maximum Gasteiger partial charge on any atom is 0.338 e. The number of carbonyl (C=O) groups is 1. The molecule has 0 spiro atoms. The van der Waals surface area contributed by atoms with Crippen LogP contribution in [-0.2, 0) is 4.74 Å². The van der Waals surface area contributed by atoms with Crippen LogP contribution < -0.4 is 5.73 Å². The lowest BCUT2D eigenvalue weighted by atomic mass is 10.1. The number of benzene rings is 1. The monoisotopic (exact) mass is 255 g/mol. The zero-order valence-electron chi connectivity index (χ0n) is 10.4. The topological polar surface area (TPSA) is 77.6 Å². The Morgan fingerprint density at radius 2 is 2.21 bits per heavy atom. The van der Waals surface area contributed by atoms with E-state index in [9.17, 15) is 4.79 Å². The molecule has 0 saturated carbocycles. The summed E-state index contributed by atoms with van der Waals surface area (Å²) in [5, 5.41) is 0. The number of aliphatic imine (C=N–C) groups is 1. The first-order valence-corrected chi connectivity index (χ1v) is 5.63. The van der Waals surface area contributed by atoms with Crippen LogP contribution in [-0.4, -0.2) is 24.3 Å². The maximum absolute atomic E-state index is 11.6. The first-order valence-electron chi connectivity index (χ1n) is 5.63. The summed E-state index contributed by atoms with van der Waals surface area (Å²) in [5.74, 6) is -0.445. The van der Waals surface area contributed by atoms with Crippen LogP contribution in [0.25, 0.3) is 0 Å². The fourth-order valence-electron chi connectivity index (χ4n) is 1.58. The number of hydrogen-bond donors (Lipinski definition) is 1. The Labute approximate surface area is 110 Å². The van der Waals surface area contributed by atoms with Gasteiger partial charge in [-0.05, 0) is 24.3 Å². The minimum Gasteiger partial charge on any atom is -0.465 e. The second-order valence-corrected chi connectivity index (χ2v) is 3.77. The first-order chi connectivity index (χ1) is 9.22. The Morgan fingerprint density at radius 1 is 1.37 bits per heavy atom. The lowest BCUT2D eigenvalue weighted by Gasteiger charge is -2.06. The quantitative estimate of drug-likeness (QED) is 0.518. The van der Waals surface area contributed by atoms with E-state index >= 15 is 0 Å². The number of nitrogens with two attached hydrogens (primary N) is 1. The van der Waals surface area contributed by atoms with Gasteiger partial charge >= 0.3 is 5.97 Å². The Kier molecular flexibility index (Phi) is 3.87. The smallest absolute Gasteiger partial charge is 0.338 e. The molecule has 2 rings (SSSR count). The zero-order chi connectivity index (χ0) is 13.7. The molecule has 5 heteroatoms. The van der Waals surface area contributed by atoms with Gasteiger partial charge in [-0.15, -0.1) is 0 Å². The lowest BCUT2D eigenvalue weighted by Crippen LogP contribution is -2.07. The molecule has 96 valence electrons. The van der Waals surface area contributed by atoms with Gasteiger partial charge in [-0.1, -0.05) is 6.07 Å². The van der Waals surface area contributed by atoms with Gasteiger partial charge in [0.25, 0.3) is 0 Å². The Bertz CT molecular complexity index is 609. The van der Waals surface area contributed by atoms with E-state index in [1.807, 2.05) is 0 Å². The molecule has 5 nitrogen and oxygen atoms in total. The van der Waals surface area contributed by atoms with Crippen LogP contribution in [0.5, 0.6) is 0 Å². The number of ether oxygens (including phenoxy) is 1. The minimum absolute atomic E-state index is 0.384. The summed E-state index contributed by atoms with van der Waals surface area (Å²) < 4.78 is 4.72. The molecule has 0 atom stereocenters. The number of nitrogens with zero attached hydrogens (tertiary/aromatic N) is 2. The molecule has 1 heterocycles. The Balaban J connectivity index is 2.39. The summed E-state index contributed by atoms with van der Waals surface area (Å²) in [6.07, 6.45) is 4.82. The largest absolute Gasteiger partial charge is 0.465 e. The standard InChI is InChI=1S/C14H13N3O2/c1-19-14(18)11-5-2-6-13(15)12(11)9-17-10-4-3-7-16-8-10/h2-9H,15H2,1H3. The number of rotatable bonds is 3. The fraction of sp³-hybridized carbons (Fsp3) is 0.0714. The maximum atomic E-state index is 11.6. The molecule has 2 N–H and O–H groups in total. The number of nitrogen functional groups attached to an aromatic ring is 1. The molecule has 0 aliphatic rings. The lowest BCUT2D eigenvalue weighted by molar-refractivity contribution is 0.0600. The number of pyridine rings is 1. The highest BCUT2D eigenvalue weighted by atomic mass is 16.5. The minimum atomic E-state index is -0.445. The average Bonchev–Trinajstić information content (AvgIpc) is 2.46. The van der Waals surface area contributed by atoms with E-state index in [0.29, 0.717) is 22.5 Å². The van der Waals surface area contributed by atoms with Crippen molar-refractivity contribution in [3.63, 3.8) is 0 Å². The highest BCUT2D eigenvalue weighted by Gasteiger charge is 2.12. The molecular formula is C14H13N3O2. The number of anilines is 1. The second kappa shape index (κ2) is 5.77. The number of methoxy groups -OCH3 is 1. The van der Waals surface area contributed by atoms with Crippen molar-refractivity contribution in [2.75, 3.05) is 12.8 Å². The third-order valence-electron chi connectivity index (χ3n) is 2.53. The summed E-state index contributed by atoms with van der Waals surface area (Å²) in [6, 6.07) is 8.63. The van der Waals surface area contributed by atoms with Gasteiger partial charge in [0.2, 0.25) is 0 Å². The van der Waals surface area contributed by atoms with Gasteiger partial charge in [0.15, 0.2) is 0 Å². The Hall–Kier alpha value is -2.69. The van der Waals surface area contributed by atoms with Crippen molar-refractivity contribution < 1.29 is 9.53 Å². The molecule has 1 aromatic heterocycles. The van der Waals surface area contributed by atoms with E-state index in [1.54, 1.807) is 48.9 Å². The molecule has 0 fully saturated rings. The molecule has 0 unspecified atom stereocenters. The summed E-state index contributed by atoms with van der Waals surface area (Å²) in [4.78, 5) is 19.8. The number of hydrogen-bond acceptors (Lipinski definition) is 5. The van der Waals surface area contributed by atoms with Gasteiger partial charge in [-0.2, -0.15) is 0 Å². The summed E-state index contributed by atoms with van der Waals surface area (Å²) in [5.41, 5.74) is 7.94. The molecule has 0 radical (unpaired) electrons. The molecule has 1 aromatic carbocycles. The van der Waals surface area contributed by atoms with E-state index in [-0.39, 0.29) is 0 Å². The molecule has 0 saturated heterocycles. The van der Waals surface area contributed by atoms with Crippen molar-refractivity contribution >= 4 is 23.6 Å². The predicted molar refractivity (Wildman–Crippen MR) is 73.7 cm³/mol. The van der Waals surface area contributed by atoms with Crippen LogP contribution in [0.15, 0.2) is 47.7 Å². The SMILES string of the molecule is COC(=O)c1cccc(N)c1C=Nc1cccnc1. The highest BCUT2D eigenvalue weighted by molar-refractivity contribution is 6.03. The normalized spacial score (nSPS) is 10.6. The van der Waals surface area contributed by atoms with Crippen LogP contribution in [0.3, 0.4) is 0 Å². The van der Waals surface area contributed by atoms with Crippen molar-refractivity contribution in [3.8, 4) is 0 Å². The first kappa shape index (κ1) is 12.8. The van der Waals surface area contributed by atoms with Gasteiger partial charge in [0, 0.05) is 23.7 Å². The average molecular weight is 255 g/mol. The zero-order valence-corrected chi connectivity index (χ0v) is 10.4. The third-order valence-corrected chi connectivity index (χ3v) is 2.53. The van der Waals surface area contributed by atoms with Crippen LogP contribution in [0.1, 0.15) is 15.9 Å². The van der Waals surface area contributed by atoms with Crippen molar-refractivity contribution in [2.45, 2.75) is 0 Å². The number of aromatic nitrogens is 1. The Morgan fingerprint density at radius 3 is 2.89 bits per heavy atom. The molecule has 0 amide bonds. The van der Waals surface area contributed by atoms with Gasteiger partial charge in [0.05, 0.1) is 24.6 Å². The molecule has 0 aliphatic carbocycles. The molecule has 19 heavy (non-hydrogen) atoms. The molecule has 0 aliphatic heterocycles. The third kappa shape index (κ3) is 2.95. The van der Waals surface area contributed by atoms with Gasteiger partial charge in [0.1, 0.15) is 0 Å². The van der Waals surface area contributed by atoms with Crippen molar-refractivity contribution in [1.82, 2.24) is 4.98 Å². The van der Waals surface area contributed by atoms with E-state index in [1.165, 1.54) is 7.11 Å². The highest BCUT2D eigenvalue weighted by Crippen LogP contribution is 2.17. The summed E-state index contributed by atoms with van der Waals surface area (Å²) in [6.45, 7) is 0. The molecular weight excluding hydrogens is 242 g/mol. The van der Waals surface area contributed by atoms with E-state index in [0.717, 1.165) is 0 Å². The van der Waals surface area contributed by atoms with E-state index < -0.39 is 5.97 Å². The second-order valence-electron chi connectivity index (χ2n) is 3.77. The van der Waals surface area contributed by atoms with Gasteiger partial charge < -0.3 is 10.5 Å². The van der Waals surface area contributed by atoms with Gasteiger partial charge in [-0.25, -0.2) is 4.79 Å². The number of esters is 1. The van der Waals surface area contributed by atoms with E-state index in [2.05, 4.69) is 9.98 Å². The molecule has 0 bridgehead atoms. The van der Waals surface area contributed by atoms with Crippen LogP contribution in [0.2, 0.25) is 0 Å². The van der Waals surface area contributed by atoms with Crippen molar-refractivity contribution in [1.29, 1.82) is 0 Å². The summed E-state index contributed by atoms with van der Waals surface area (Å²) in [7, 11) is 1.33. The van der Waals surface area contributed by atoms with Crippen LogP contribution in [0.4, 0.5) is 11.4 Å². The van der Waals surface area contributed by atoms with Crippen molar-refractivity contribution in [2.24, 2.45) is 4.99 Å². The van der Waals surface area contributed by atoms with Crippen LogP contribution >= 0.6 is 0 Å². The summed E-state index contributed by atoms with van der Waals surface area (Å²) >= 11 is 0. The predicted octanol–water partition coefficient (Wildman–Crippen LogP) is 2.20.